The number of carbonyl (C=O) groups is 2. The van der Waals surface area contributed by atoms with Gasteiger partial charge in [-0.3, -0.25) is 9.59 Å². The van der Waals surface area contributed by atoms with Crippen LogP contribution in [-0.4, -0.2) is 24.4 Å². The first-order chi connectivity index (χ1) is 9.25. The summed E-state index contributed by atoms with van der Waals surface area (Å²) in [6.07, 6.45) is 3.89. The number of amides is 2. The topological polar surface area (TPSA) is 58.2 Å². The van der Waals surface area contributed by atoms with Crippen LogP contribution in [0.2, 0.25) is 0 Å². The molecule has 2 rings (SSSR count). The quantitative estimate of drug-likeness (QED) is 0.860. The molecule has 0 aliphatic carbocycles. The third-order valence-electron chi connectivity index (χ3n) is 3.35. The molecule has 19 heavy (non-hydrogen) atoms. The van der Waals surface area contributed by atoms with E-state index in [4.69, 9.17) is 0 Å². The molecule has 102 valence electrons. The molecule has 1 fully saturated rings. The van der Waals surface area contributed by atoms with E-state index in [0.29, 0.717) is 13.0 Å². The molecule has 0 radical (unpaired) electrons. The van der Waals surface area contributed by atoms with Gasteiger partial charge in [0.25, 0.3) is 0 Å². The predicted molar refractivity (Wildman–Crippen MR) is 73.6 cm³/mol. The Balaban J connectivity index is 1.76. The number of nitrogens with one attached hydrogen (secondary N) is 2. The van der Waals surface area contributed by atoms with Crippen molar-refractivity contribution < 1.29 is 9.59 Å². The molecule has 0 aromatic heterocycles. The van der Waals surface area contributed by atoms with Crippen LogP contribution < -0.4 is 10.6 Å². The number of hydrogen-bond donors (Lipinski definition) is 2. The molecule has 0 spiro atoms. The molecular formula is C15H20N2O2. The first kappa shape index (κ1) is 13.6. The molecule has 1 aromatic carbocycles. The highest BCUT2D eigenvalue weighted by atomic mass is 16.2. The summed E-state index contributed by atoms with van der Waals surface area (Å²) in [5.41, 5.74) is 1.20. The summed E-state index contributed by atoms with van der Waals surface area (Å²) in [6.45, 7) is 0.606. The van der Waals surface area contributed by atoms with E-state index >= 15 is 0 Å². The van der Waals surface area contributed by atoms with Crippen LogP contribution in [0.25, 0.3) is 0 Å². The van der Waals surface area contributed by atoms with Crippen molar-refractivity contribution in [2.75, 3.05) is 6.54 Å². The molecule has 4 heteroatoms. The molecule has 1 unspecified atom stereocenters. The van der Waals surface area contributed by atoms with Crippen LogP contribution >= 0.6 is 0 Å². The standard InChI is InChI=1S/C15H20N2O2/c18-14-9-5-4-8-13(17-14)15(19)16-11-10-12-6-2-1-3-7-12/h1-3,6-7,13H,4-5,8-11H2,(H,16,19)(H,17,18). The number of benzene rings is 1. The van der Waals surface area contributed by atoms with E-state index in [-0.39, 0.29) is 17.9 Å². The van der Waals surface area contributed by atoms with Gasteiger partial charge in [0.1, 0.15) is 6.04 Å². The van der Waals surface area contributed by atoms with Gasteiger partial charge in [0.2, 0.25) is 11.8 Å². The minimum Gasteiger partial charge on any atom is -0.354 e. The fraction of sp³-hybridized carbons (Fsp3) is 0.467. The Bertz CT molecular complexity index is 431. The third kappa shape index (κ3) is 4.39. The van der Waals surface area contributed by atoms with Crippen LogP contribution in [0.3, 0.4) is 0 Å². The Hall–Kier alpha value is -1.84. The van der Waals surface area contributed by atoms with Crippen molar-refractivity contribution in [3.63, 3.8) is 0 Å². The zero-order valence-electron chi connectivity index (χ0n) is 11.0. The lowest BCUT2D eigenvalue weighted by atomic mass is 10.1. The van der Waals surface area contributed by atoms with Crippen molar-refractivity contribution in [3.8, 4) is 0 Å². The van der Waals surface area contributed by atoms with Gasteiger partial charge in [0.15, 0.2) is 0 Å². The molecule has 2 N–H and O–H groups in total. The van der Waals surface area contributed by atoms with Crippen LogP contribution in [0.1, 0.15) is 31.2 Å². The Labute approximate surface area is 113 Å². The second kappa shape index (κ2) is 6.92. The summed E-state index contributed by atoms with van der Waals surface area (Å²) < 4.78 is 0. The molecule has 1 aliphatic heterocycles. The predicted octanol–water partition coefficient (Wildman–Crippen LogP) is 1.40. The van der Waals surface area contributed by atoms with E-state index in [2.05, 4.69) is 10.6 Å². The molecule has 1 heterocycles. The number of hydrogen-bond acceptors (Lipinski definition) is 2. The Morgan fingerprint density at radius 3 is 2.84 bits per heavy atom. The molecular weight excluding hydrogens is 240 g/mol. The van der Waals surface area contributed by atoms with Crippen LogP contribution in [-0.2, 0) is 16.0 Å². The maximum absolute atomic E-state index is 12.0. The normalized spacial score (nSPS) is 19.4. The largest absolute Gasteiger partial charge is 0.354 e. The molecule has 1 atom stereocenters. The van der Waals surface area contributed by atoms with Crippen molar-refractivity contribution in [3.05, 3.63) is 35.9 Å². The summed E-state index contributed by atoms with van der Waals surface area (Å²) >= 11 is 0. The Morgan fingerprint density at radius 2 is 2.05 bits per heavy atom. The summed E-state index contributed by atoms with van der Waals surface area (Å²) in [5.74, 6) is -0.0770. The van der Waals surface area contributed by atoms with Gasteiger partial charge >= 0.3 is 0 Å². The number of rotatable bonds is 4. The summed E-state index contributed by atoms with van der Waals surface area (Å²) in [6, 6.07) is 9.68. The van der Waals surface area contributed by atoms with Crippen molar-refractivity contribution in [1.82, 2.24) is 10.6 Å². The lowest BCUT2D eigenvalue weighted by Gasteiger charge is -2.15. The monoisotopic (exact) mass is 260 g/mol. The average molecular weight is 260 g/mol. The van der Waals surface area contributed by atoms with Gasteiger partial charge in [-0.05, 0) is 24.8 Å². The fourth-order valence-electron chi connectivity index (χ4n) is 2.27. The highest BCUT2D eigenvalue weighted by Crippen LogP contribution is 2.09. The van der Waals surface area contributed by atoms with Gasteiger partial charge in [-0.1, -0.05) is 36.8 Å². The minimum absolute atomic E-state index is 0.0132. The average Bonchev–Trinajstić information content (AvgIpc) is 2.64. The highest BCUT2D eigenvalue weighted by Gasteiger charge is 2.22. The zero-order valence-corrected chi connectivity index (χ0v) is 11.0. The minimum atomic E-state index is -0.356. The maximum Gasteiger partial charge on any atom is 0.242 e. The van der Waals surface area contributed by atoms with E-state index in [1.807, 2.05) is 30.3 Å². The molecule has 0 bridgehead atoms. The van der Waals surface area contributed by atoms with Gasteiger partial charge in [0, 0.05) is 13.0 Å². The SMILES string of the molecule is O=C1CCCCC(C(=O)NCCc2ccccc2)N1. The van der Waals surface area contributed by atoms with E-state index in [0.717, 1.165) is 25.7 Å². The van der Waals surface area contributed by atoms with E-state index < -0.39 is 0 Å². The Morgan fingerprint density at radius 1 is 1.26 bits per heavy atom. The van der Waals surface area contributed by atoms with Crippen LogP contribution in [0.4, 0.5) is 0 Å². The second-order valence-electron chi connectivity index (χ2n) is 4.89. The molecule has 1 aliphatic rings. The first-order valence-electron chi connectivity index (χ1n) is 6.87. The van der Waals surface area contributed by atoms with Gasteiger partial charge in [-0.25, -0.2) is 0 Å². The smallest absolute Gasteiger partial charge is 0.242 e. The summed E-state index contributed by atoms with van der Waals surface area (Å²) in [7, 11) is 0. The van der Waals surface area contributed by atoms with Crippen LogP contribution in [0.15, 0.2) is 30.3 Å². The van der Waals surface area contributed by atoms with Gasteiger partial charge in [0.05, 0.1) is 0 Å². The second-order valence-corrected chi connectivity index (χ2v) is 4.89. The Kier molecular flexibility index (Phi) is 4.95. The molecule has 1 aromatic rings. The molecule has 4 nitrogen and oxygen atoms in total. The van der Waals surface area contributed by atoms with Crippen molar-refractivity contribution in [1.29, 1.82) is 0 Å². The fourth-order valence-corrected chi connectivity index (χ4v) is 2.27. The molecule has 2 amide bonds. The molecule has 1 saturated heterocycles. The van der Waals surface area contributed by atoms with E-state index in [1.165, 1.54) is 5.56 Å². The third-order valence-corrected chi connectivity index (χ3v) is 3.35. The summed E-state index contributed by atoms with van der Waals surface area (Å²) in [4.78, 5) is 23.4. The lowest BCUT2D eigenvalue weighted by Crippen LogP contribution is -2.46. The van der Waals surface area contributed by atoms with Crippen LogP contribution in [0.5, 0.6) is 0 Å². The summed E-state index contributed by atoms with van der Waals surface area (Å²) in [5, 5.41) is 5.67. The van der Waals surface area contributed by atoms with Gasteiger partial charge in [-0.2, -0.15) is 0 Å². The van der Waals surface area contributed by atoms with Crippen LogP contribution in [0, 0.1) is 0 Å². The van der Waals surface area contributed by atoms with Crippen molar-refractivity contribution >= 4 is 11.8 Å². The zero-order chi connectivity index (χ0) is 13.5. The lowest BCUT2D eigenvalue weighted by molar-refractivity contribution is -0.128. The molecule has 0 saturated carbocycles. The first-order valence-corrected chi connectivity index (χ1v) is 6.87. The van der Waals surface area contributed by atoms with Gasteiger partial charge < -0.3 is 10.6 Å². The van der Waals surface area contributed by atoms with Gasteiger partial charge in [-0.15, -0.1) is 0 Å². The van der Waals surface area contributed by atoms with E-state index in [1.54, 1.807) is 0 Å². The van der Waals surface area contributed by atoms with Crippen molar-refractivity contribution in [2.24, 2.45) is 0 Å². The highest BCUT2D eigenvalue weighted by molar-refractivity contribution is 5.87. The van der Waals surface area contributed by atoms with Crippen molar-refractivity contribution in [2.45, 2.75) is 38.1 Å². The van der Waals surface area contributed by atoms with E-state index in [9.17, 15) is 9.59 Å². The number of carbonyl (C=O) groups excluding carboxylic acids is 2. The maximum atomic E-state index is 12.0.